The van der Waals surface area contributed by atoms with Crippen molar-refractivity contribution < 1.29 is 14.4 Å². The van der Waals surface area contributed by atoms with Crippen molar-refractivity contribution in [3.8, 4) is 11.5 Å². The maximum absolute atomic E-state index is 9.71. The van der Waals surface area contributed by atoms with Gasteiger partial charge < -0.3 is 14.4 Å². The van der Waals surface area contributed by atoms with Gasteiger partial charge in [-0.05, 0) is 12.1 Å². The molecule has 0 amide bonds. The number of allylic oxidation sites excluding steroid dienone is 1. The first kappa shape index (κ1) is 11.3. The van der Waals surface area contributed by atoms with E-state index in [4.69, 9.17) is 9.26 Å². The van der Waals surface area contributed by atoms with Crippen LogP contribution in [0.4, 0.5) is 0 Å². The largest absolute Gasteiger partial charge is 0.507 e. The first-order valence-electron chi connectivity index (χ1n) is 5.22. The average Bonchev–Trinajstić information content (AvgIpc) is 2.84. The second kappa shape index (κ2) is 5.21. The summed E-state index contributed by atoms with van der Waals surface area (Å²) < 4.78 is 9.96. The maximum Gasteiger partial charge on any atom is 0.140 e. The Balaban J connectivity index is 2.05. The Kier molecular flexibility index (Phi) is 3.45. The van der Waals surface area contributed by atoms with E-state index in [-0.39, 0.29) is 5.75 Å². The molecule has 1 aromatic heterocycles. The van der Waals surface area contributed by atoms with Crippen LogP contribution >= 0.6 is 0 Å². The number of aromatic nitrogens is 1. The SMILES string of the molecule is COc1ccc(/C=C/Cc2ccno2)c(O)c1. The number of methoxy groups -OCH3 is 1. The van der Waals surface area contributed by atoms with Crippen molar-refractivity contribution in [2.45, 2.75) is 6.42 Å². The van der Waals surface area contributed by atoms with Crippen LogP contribution in [-0.2, 0) is 6.42 Å². The number of rotatable bonds is 4. The zero-order valence-corrected chi connectivity index (χ0v) is 9.46. The molecule has 0 saturated carbocycles. The van der Waals surface area contributed by atoms with Gasteiger partial charge in [0.15, 0.2) is 0 Å². The van der Waals surface area contributed by atoms with Gasteiger partial charge in [-0.3, -0.25) is 0 Å². The second-order valence-electron chi connectivity index (χ2n) is 3.51. The summed E-state index contributed by atoms with van der Waals surface area (Å²) in [7, 11) is 1.56. The first-order valence-corrected chi connectivity index (χ1v) is 5.22. The predicted octanol–water partition coefficient (Wildman–Crippen LogP) is 2.64. The zero-order valence-electron chi connectivity index (χ0n) is 9.46. The zero-order chi connectivity index (χ0) is 12.1. The molecule has 0 bridgehead atoms. The van der Waals surface area contributed by atoms with Gasteiger partial charge in [0.05, 0.1) is 13.3 Å². The monoisotopic (exact) mass is 231 g/mol. The third-order valence-corrected chi connectivity index (χ3v) is 2.35. The van der Waals surface area contributed by atoms with E-state index in [1.54, 1.807) is 37.6 Å². The van der Waals surface area contributed by atoms with Crippen LogP contribution in [0.25, 0.3) is 6.08 Å². The van der Waals surface area contributed by atoms with Gasteiger partial charge in [-0.1, -0.05) is 17.3 Å². The fraction of sp³-hybridized carbons (Fsp3) is 0.154. The van der Waals surface area contributed by atoms with Gasteiger partial charge in [-0.25, -0.2) is 0 Å². The van der Waals surface area contributed by atoms with Crippen molar-refractivity contribution in [2.24, 2.45) is 0 Å². The average molecular weight is 231 g/mol. The first-order chi connectivity index (χ1) is 8.29. The molecule has 2 aromatic rings. The second-order valence-corrected chi connectivity index (χ2v) is 3.51. The summed E-state index contributed by atoms with van der Waals surface area (Å²) in [5.41, 5.74) is 0.741. The van der Waals surface area contributed by atoms with Gasteiger partial charge in [0.2, 0.25) is 0 Å². The summed E-state index contributed by atoms with van der Waals surface area (Å²) in [5, 5.41) is 13.3. The van der Waals surface area contributed by atoms with E-state index < -0.39 is 0 Å². The molecule has 1 N–H and O–H groups in total. The molecule has 0 aliphatic rings. The molecule has 0 aliphatic heterocycles. The van der Waals surface area contributed by atoms with Crippen LogP contribution in [0.2, 0.25) is 0 Å². The van der Waals surface area contributed by atoms with Crippen molar-refractivity contribution in [3.05, 3.63) is 47.9 Å². The molecule has 0 unspecified atom stereocenters. The van der Waals surface area contributed by atoms with Gasteiger partial charge in [-0.15, -0.1) is 0 Å². The van der Waals surface area contributed by atoms with Crippen LogP contribution in [0, 0.1) is 0 Å². The number of hydrogen-bond donors (Lipinski definition) is 1. The molecule has 17 heavy (non-hydrogen) atoms. The molecule has 0 saturated heterocycles. The molecular formula is C13H13NO3. The van der Waals surface area contributed by atoms with Crippen molar-refractivity contribution in [1.29, 1.82) is 0 Å². The maximum atomic E-state index is 9.71. The highest BCUT2D eigenvalue weighted by Crippen LogP contribution is 2.24. The van der Waals surface area contributed by atoms with Crippen LogP contribution in [0.5, 0.6) is 11.5 Å². The molecule has 0 aliphatic carbocycles. The molecule has 0 fully saturated rings. The minimum atomic E-state index is 0.193. The molecule has 1 aromatic carbocycles. The Morgan fingerprint density at radius 3 is 2.94 bits per heavy atom. The summed E-state index contributed by atoms with van der Waals surface area (Å²) in [6.45, 7) is 0. The lowest BCUT2D eigenvalue weighted by molar-refractivity contribution is 0.390. The molecule has 0 spiro atoms. The van der Waals surface area contributed by atoms with Crippen LogP contribution in [-0.4, -0.2) is 17.4 Å². The highest BCUT2D eigenvalue weighted by atomic mass is 16.5. The highest BCUT2D eigenvalue weighted by molar-refractivity contribution is 5.58. The Hall–Kier alpha value is -2.23. The number of phenolic OH excluding ortho intramolecular Hbond substituents is 1. The number of benzene rings is 1. The number of hydrogen-bond acceptors (Lipinski definition) is 4. The van der Waals surface area contributed by atoms with Gasteiger partial charge in [0.25, 0.3) is 0 Å². The lowest BCUT2D eigenvalue weighted by Crippen LogP contribution is -1.83. The Morgan fingerprint density at radius 1 is 1.41 bits per heavy atom. The van der Waals surface area contributed by atoms with Gasteiger partial charge >= 0.3 is 0 Å². The minimum Gasteiger partial charge on any atom is -0.507 e. The standard InChI is InChI=1S/C13H13NO3/c1-16-12-6-5-10(13(15)9-12)3-2-4-11-7-8-14-17-11/h2-3,5-9,15H,4H2,1H3/b3-2+. The number of aromatic hydroxyl groups is 1. The summed E-state index contributed by atoms with van der Waals surface area (Å²) in [4.78, 5) is 0. The predicted molar refractivity (Wildman–Crippen MR) is 63.9 cm³/mol. The number of nitrogens with zero attached hydrogens (tertiary/aromatic N) is 1. The van der Waals surface area contributed by atoms with Crippen molar-refractivity contribution in [1.82, 2.24) is 5.16 Å². The number of ether oxygens (including phenoxy) is 1. The van der Waals surface area contributed by atoms with E-state index in [9.17, 15) is 5.11 Å². The van der Waals surface area contributed by atoms with Gasteiger partial charge in [0, 0.05) is 24.1 Å². The summed E-state index contributed by atoms with van der Waals surface area (Å²) in [5.74, 6) is 1.61. The van der Waals surface area contributed by atoms with E-state index >= 15 is 0 Å². The van der Waals surface area contributed by atoms with E-state index in [1.165, 1.54) is 0 Å². The molecule has 4 heteroatoms. The third kappa shape index (κ3) is 2.87. The summed E-state index contributed by atoms with van der Waals surface area (Å²) >= 11 is 0. The minimum absolute atomic E-state index is 0.193. The molecule has 2 rings (SSSR count). The smallest absolute Gasteiger partial charge is 0.140 e. The Morgan fingerprint density at radius 2 is 2.29 bits per heavy atom. The Labute approximate surface area is 99.1 Å². The quantitative estimate of drug-likeness (QED) is 0.878. The molecule has 0 atom stereocenters. The van der Waals surface area contributed by atoms with E-state index in [0.717, 1.165) is 11.3 Å². The molecule has 0 radical (unpaired) electrons. The van der Waals surface area contributed by atoms with Crippen molar-refractivity contribution in [2.75, 3.05) is 7.11 Å². The van der Waals surface area contributed by atoms with Crippen molar-refractivity contribution >= 4 is 6.08 Å². The highest BCUT2D eigenvalue weighted by Gasteiger charge is 1.99. The van der Waals surface area contributed by atoms with E-state index in [0.29, 0.717) is 12.2 Å². The lowest BCUT2D eigenvalue weighted by Gasteiger charge is -2.02. The molecule has 1 heterocycles. The van der Waals surface area contributed by atoms with Crippen LogP contribution in [0.1, 0.15) is 11.3 Å². The normalized spacial score (nSPS) is 10.9. The Bertz CT molecular complexity index is 503. The van der Waals surface area contributed by atoms with Crippen LogP contribution in [0.15, 0.2) is 41.1 Å². The summed E-state index contributed by atoms with van der Waals surface area (Å²) in [6.07, 6.45) is 5.98. The summed E-state index contributed by atoms with van der Waals surface area (Å²) in [6, 6.07) is 6.98. The van der Waals surface area contributed by atoms with Gasteiger partial charge in [-0.2, -0.15) is 0 Å². The van der Waals surface area contributed by atoms with Crippen LogP contribution in [0.3, 0.4) is 0 Å². The molecule has 4 nitrogen and oxygen atoms in total. The van der Waals surface area contributed by atoms with Crippen molar-refractivity contribution in [3.63, 3.8) is 0 Å². The molecule has 88 valence electrons. The van der Waals surface area contributed by atoms with E-state index in [1.807, 2.05) is 12.2 Å². The topological polar surface area (TPSA) is 55.5 Å². The number of phenols is 1. The fourth-order valence-corrected chi connectivity index (χ4v) is 1.44. The fourth-order valence-electron chi connectivity index (χ4n) is 1.44. The van der Waals surface area contributed by atoms with E-state index in [2.05, 4.69) is 5.16 Å². The third-order valence-electron chi connectivity index (χ3n) is 2.35. The van der Waals surface area contributed by atoms with Crippen LogP contribution < -0.4 is 4.74 Å². The lowest BCUT2D eigenvalue weighted by atomic mass is 10.1. The van der Waals surface area contributed by atoms with Gasteiger partial charge in [0.1, 0.15) is 17.3 Å². The molecular weight excluding hydrogens is 218 g/mol.